The molecule has 2 bridgehead atoms. The number of hydrogen-bond acceptors (Lipinski definition) is 1. The number of benzene rings is 1. The molecule has 1 aromatic rings. The fourth-order valence-electron chi connectivity index (χ4n) is 4.53. The fourth-order valence-corrected chi connectivity index (χ4v) is 4.53. The molecule has 1 N–H and O–H groups in total. The summed E-state index contributed by atoms with van der Waals surface area (Å²) in [5, 5.41) is 3.06. The number of rotatable bonds is 1. The summed E-state index contributed by atoms with van der Waals surface area (Å²) in [6, 6.07) is 8.46. The first-order chi connectivity index (χ1) is 9.76. The lowest BCUT2D eigenvalue weighted by Crippen LogP contribution is -2.40. The lowest BCUT2D eigenvalue weighted by atomic mass is 9.65. The van der Waals surface area contributed by atoms with Crippen molar-refractivity contribution in [1.29, 1.82) is 0 Å². The van der Waals surface area contributed by atoms with E-state index in [0.717, 1.165) is 25.1 Å². The van der Waals surface area contributed by atoms with Crippen LogP contribution in [-0.2, 0) is 0 Å². The van der Waals surface area contributed by atoms with E-state index in [-0.39, 0.29) is 11.4 Å². The quantitative estimate of drug-likeness (QED) is 0.814. The maximum atomic E-state index is 12.6. The van der Waals surface area contributed by atoms with Gasteiger partial charge in [0.15, 0.2) is 0 Å². The maximum Gasteiger partial charge on any atom is 0.322 e. The van der Waals surface area contributed by atoms with E-state index >= 15 is 0 Å². The summed E-state index contributed by atoms with van der Waals surface area (Å²) in [7, 11) is 0. The third-order valence-electron chi connectivity index (χ3n) is 4.98. The van der Waals surface area contributed by atoms with Gasteiger partial charge in [0, 0.05) is 18.3 Å². The van der Waals surface area contributed by atoms with Gasteiger partial charge < -0.3 is 10.2 Å². The van der Waals surface area contributed by atoms with E-state index in [0.29, 0.717) is 11.5 Å². The Morgan fingerprint density at radius 1 is 1.19 bits per heavy atom. The first kappa shape index (κ1) is 14.4. The summed E-state index contributed by atoms with van der Waals surface area (Å²) in [5.41, 5.74) is 2.73. The Balaban J connectivity index is 1.73. The molecule has 0 aromatic heterocycles. The van der Waals surface area contributed by atoms with Gasteiger partial charge in [-0.3, -0.25) is 0 Å². The number of amides is 2. The van der Waals surface area contributed by atoms with E-state index in [2.05, 4.69) is 37.9 Å². The Bertz CT molecular complexity index is 549. The van der Waals surface area contributed by atoms with Crippen LogP contribution in [0.1, 0.15) is 45.6 Å². The highest BCUT2D eigenvalue weighted by Gasteiger charge is 2.50. The van der Waals surface area contributed by atoms with Gasteiger partial charge in [-0.15, -0.1) is 0 Å². The number of nitrogens with zero attached hydrogens (tertiary/aromatic N) is 1. The molecule has 2 atom stereocenters. The summed E-state index contributed by atoms with van der Waals surface area (Å²) < 4.78 is 0. The van der Waals surface area contributed by atoms with Gasteiger partial charge in [-0.05, 0) is 49.1 Å². The SMILES string of the molecule is Cc1ccc(NC(=O)N2C[C@]3(C)C[C@H]2CC(C)(C)C3)cc1. The van der Waals surface area contributed by atoms with Crippen LogP contribution in [0, 0.1) is 17.8 Å². The van der Waals surface area contributed by atoms with Crippen molar-refractivity contribution < 1.29 is 4.79 Å². The second-order valence-corrected chi connectivity index (χ2v) is 8.14. The van der Waals surface area contributed by atoms with Gasteiger partial charge in [-0.25, -0.2) is 4.79 Å². The number of nitrogens with one attached hydrogen (secondary N) is 1. The first-order valence-electron chi connectivity index (χ1n) is 7.91. The normalized spacial score (nSPS) is 30.3. The van der Waals surface area contributed by atoms with Gasteiger partial charge in [-0.2, -0.15) is 0 Å². The molecule has 1 saturated heterocycles. The van der Waals surface area contributed by atoms with E-state index < -0.39 is 0 Å². The van der Waals surface area contributed by atoms with Crippen molar-refractivity contribution >= 4 is 11.7 Å². The third kappa shape index (κ3) is 2.92. The van der Waals surface area contributed by atoms with Crippen LogP contribution in [0.3, 0.4) is 0 Å². The smallest absolute Gasteiger partial charge is 0.321 e. The van der Waals surface area contributed by atoms with Crippen molar-refractivity contribution in [3.05, 3.63) is 29.8 Å². The standard InChI is InChI=1S/C18H26N2O/c1-13-5-7-14(8-6-13)19-16(21)20-12-18(4)10-15(20)9-17(2,3)11-18/h5-8,15H,9-12H2,1-4H3,(H,19,21)/t15-,18-/m1/s1. The highest BCUT2D eigenvalue weighted by atomic mass is 16.2. The van der Waals surface area contributed by atoms with E-state index in [9.17, 15) is 4.79 Å². The minimum atomic E-state index is 0.0604. The number of hydrogen-bond donors (Lipinski definition) is 1. The number of aryl methyl sites for hydroxylation is 1. The van der Waals surface area contributed by atoms with Gasteiger partial charge in [0.2, 0.25) is 0 Å². The molecule has 3 heteroatoms. The zero-order chi connectivity index (χ0) is 15.3. The summed E-state index contributed by atoms with van der Waals surface area (Å²) in [6.07, 6.45) is 3.48. The lowest BCUT2D eigenvalue weighted by molar-refractivity contribution is 0.130. The molecule has 0 radical (unpaired) electrons. The van der Waals surface area contributed by atoms with Gasteiger partial charge in [0.25, 0.3) is 0 Å². The average molecular weight is 286 g/mol. The fraction of sp³-hybridized carbons (Fsp3) is 0.611. The molecule has 3 rings (SSSR count). The molecular formula is C18H26N2O. The molecule has 1 aliphatic carbocycles. The van der Waals surface area contributed by atoms with E-state index in [1.54, 1.807) is 0 Å². The first-order valence-corrected chi connectivity index (χ1v) is 7.91. The van der Waals surface area contributed by atoms with E-state index in [1.165, 1.54) is 12.0 Å². The molecule has 3 nitrogen and oxygen atoms in total. The maximum absolute atomic E-state index is 12.6. The summed E-state index contributed by atoms with van der Waals surface area (Å²) in [5.74, 6) is 0. The summed E-state index contributed by atoms with van der Waals surface area (Å²) in [6.45, 7) is 9.94. The lowest BCUT2D eigenvalue weighted by Gasteiger charge is -2.39. The number of anilines is 1. The van der Waals surface area contributed by atoms with Gasteiger partial charge in [0.05, 0.1) is 0 Å². The summed E-state index contributed by atoms with van der Waals surface area (Å²) in [4.78, 5) is 14.7. The molecular weight excluding hydrogens is 260 g/mol. The Hall–Kier alpha value is -1.51. The summed E-state index contributed by atoms with van der Waals surface area (Å²) >= 11 is 0. The van der Waals surface area contributed by atoms with Crippen LogP contribution in [0.4, 0.5) is 10.5 Å². The predicted molar refractivity (Wildman–Crippen MR) is 86.4 cm³/mol. The number of carbonyl (C=O) groups excluding carboxylic acids is 1. The topological polar surface area (TPSA) is 32.3 Å². The van der Waals surface area contributed by atoms with Gasteiger partial charge >= 0.3 is 6.03 Å². The van der Waals surface area contributed by atoms with Crippen LogP contribution in [0.25, 0.3) is 0 Å². The zero-order valence-corrected chi connectivity index (χ0v) is 13.6. The molecule has 2 aliphatic rings. The Morgan fingerprint density at radius 2 is 1.86 bits per heavy atom. The second kappa shape index (κ2) is 4.75. The molecule has 2 fully saturated rings. The van der Waals surface area contributed by atoms with E-state index in [1.807, 2.05) is 24.3 Å². The van der Waals surface area contributed by atoms with E-state index in [4.69, 9.17) is 0 Å². The Morgan fingerprint density at radius 3 is 2.52 bits per heavy atom. The van der Waals surface area contributed by atoms with Crippen molar-refractivity contribution in [2.24, 2.45) is 10.8 Å². The van der Waals surface area contributed by atoms with Crippen LogP contribution >= 0.6 is 0 Å². The molecule has 0 spiro atoms. The zero-order valence-electron chi connectivity index (χ0n) is 13.6. The molecule has 1 saturated carbocycles. The van der Waals surface area contributed by atoms with Crippen LogP contribution < -0.4 is 5.32 Å². The average Bonchev–Trinajstić information content (AvgIpc) is 2.61. The number of carbonyl (C=O) groups is 1. The van der Waals surface area contributed by atoms with Gasteiger partial charge in [0.1, 0.15) is 0 Å². The molecule has 2 amide bonds. The van der Waals surface area contributed by atoms with Crippen LogP contribution in [0.2, 0.25) is 0 Å². The molecule has 114 valence electrons. The second-order valence-electron chi connectivity index (χ2n) is 8.14. The third-order valence-corrected chi connectivity index (χ3v) is 4.98. The van der Waals surface area contributed by atoms with Crippen LogP contribution in [0.15, 0.2) is 24.3 Å². The van der Waals surface area contributed by atoms with Crippen LogP contribution in [-0.4, -0.2) is 23.5 Å². The highest BCUT2D eigenvalue weighted by Crippen LogP contribution is 2.52. The van der Waals surface area contributed by atoms with Crippen molar-refractivity contribution in [1.82, 2.24) is 4.90 Å². The predicted octanol–water partition coefficient (Wildman–Crippen LogP) is 4.43. The van der Waals surface area contributed by atoms with Crippen molar-refractivity contribution in [2.75, 3.05) is 11.9 Å². The van der Waals surface area contributed by atoms with Crippen molar-refractivity contribution in [2.45, 2.75) is 53.0 Å². The monoisotopic (exact) mass is 286 g/mol. The Kier molecular flexibility index (Phi) is 3.27. The largest absolute Gasteiger partial charge is 0.322 e. The highest BCUT2D eigenvalue weighted by molar-refractivity contribution is 5.89. The Labute approximate surface area is 127 Å². The molecule has 1 heterocycles. The number of fused-ring (bicyclic) bond motifs is 2. The minimum absolute atomic E-state index is 0.0604. The number of urea groups is 1. The molecule has 0 unspecified atom stereocenters. The molecule has 1 aliphatic heterocycles. The van der Waals surface area contributed by atoms with Crippen LogP contribution in [0.5, 0.6) is 0 Å². The van der Waals surface area contributed by atoms with Gasteiger partial charge in [-0.1, -0.05) is 38.5 Å². The van der Waals surface area contributed by atoms with Crippen molar-refractivity contribution in [3.8, 4) is 0 Å². The molecule has 21 heavy (non-hydrogen) atoms. The number of likely N-dealkylation sites (tertiary alicyclic amines) is 1. The molecule has 1 aromatic carbocycles. The minimum Gasteiger partial charge on any atom is -0.321 e. The van der Waals surface area contributed by atoms with Crippen molar-refractivity contribution in [3.63, 3.8) is 0 Å².